The van der Waals surface area contributed by atoms with Crippen molar-refractivity contribution in [1.29, 1.82) is 0 Å². The van der Waals surface area contributed by atoms with Crippen molar-refractivity contribution in [3.63, 3.8) is 0 Å². The minimum Gasteiger partial charge on any atom is -0.460 e. The molecule has 0 aliphatic heterocycles. The highest BCUT2D eigenvalue weighted by Crippen LogP contribution is 2.42. The zero-order valence-electron chi connectivity index (χ0n) is 17.1. The molecule has 1 saturated carbocycles. The molecule has 4 rings (SSSR count). The number of nitrogens with one attached hydrogen (secondary N) is 1. The zero-order chi connectivity index (χ0) is 22.0. The van der Waals surface area contributed by atoms with Gasteiger partial charge in [-0.15, -0.1) is 0 Å². The third-order valence-electron chi connectivity index (χ3n) is 5.75. The lowest BCUT2D eigenvalue weighted by Gasteiger charge is -2.27. The number of benzene rings is 2. The highest BCUT2D eigenvalue weighted by molar-refractivity contribution is 6.30. The monoisotopic (exact) mass is 439 g/mol. The van der Waals surface area contributed by atoms with E-state index in [9.17, 15) is 14.4 Å². The van der Waals surface area contributed by atoms with Gasteiger partial charge < -0.3 is 14.5 Å². The van der Waals surface area contributed by atoms with Crippen LogP contribution in [0, 0.1) is 0 Å². The molecule has 31 heavy (non-hydrogen) atoms. The first-order valence-electron chi connectivity index (χ1n) is 10.1. The Morgan fingerprint density at radius 1 is 1.10 bits per heavy atom. The van der Waals surface area contributed by atoms with Gasteiger partial charge in [-0.3, -0.25) is 9.59 Å². The topological polar surface area (TPSA) is 85.6 Å². The Hall–Kier alpha value is -3.12. The maximum atomic E-state index is 13.2. The van der Waals surface area contributed by atoms with Crippen LogP contribution >= 0.6 is 11.6 Å². The van der Waals surface area contributed by atoms with E-state index in [0.29, 0.717) is 40.1 Å². The van der Waals surface area contributed by atoms with Crippen molar-refractivity contribution in [2.24, 2.45) is 0 Å². The van der Waals surface area contributed by atoms with E-state index in [1.165, 1.54) is 13.0 Å². The fraction of sp³-hybridized carbons (Fsp3) is 0.292. The van der Waals surface area contributed by atoms with Crippen LogP contribution in [0.1, 0.15) is 43.7 Å². The maximum Gasteiger partial charge on any atom is 0.336 e. The highest BCUT2D eigenvalue weighted by atomic mass is 35.5. The summed E-state index contributed by atoms with van der Waals surface area (Å²) in [5, 5.41) is 3.92. The molecule has 2 aromatic carbocycles. The van der Waals surface area contributed by atoms with E-state index in [4.69, 9.17) is 20.8 Å². The summed E-state index contributed by atoms with van der Waals surface area (Å²) in [5.74, 6) is -0.528. The molecule has 1 N–H and O–H groups in total. The number of fused-ring (bicyclic) bond motifs is 1. The molecule has 1 aliphatic carbocycles. The van der Waals surface area contributed by atoms with Crippen LogP contribution in [0.3, 0.4) is 0 Å². The van der Waals surface area contributed by atoms with Crippen molar-refractivity contribution in [3.8, 4) is 0 Å². The van der Waals surface area contributed by atoms with Gasteiger partial charge in [0.25, 0.3) is 0 Å². The van der Waals surface area contributed by atoms with E-state index in [1.54, 1.807) is 30.3 Å². The average molecular weight is 440 g/mol. The molecule has 0 saturated heterocycles. The smallest absolute Gasteiger partial charge is 0.336 e. The Kier molecular flexibility index (Phi) is 5.83. The SMILES string of the molecule is CC(=O)Nc1ccc2c(COC(=O)C3(c4ccc(Cl)cc4)CCCC3)cc(=O)oc2c1. The minimum absolute atomic E-state index is 0.0459. The predicted octanol–water partition coefficient (Wildman–Crippen LogP) is 4.96. The van der Waals surface area contributed by atoms with E-state index < -0.39 is 11.0 Å². The average Bonchev–Trinajstić information content (AvgIpc) is 3.22. The second-order valence-corrected chi connectivity index (χ2v) is 8.29. The number of hydrogen-bond acceptors (Lipinski definition) is 5. The summed E-state index contributed by atoms with van der Waals surface area (Å²) in [7, 11) is 0. The van der Waals surface area contributed by atoms with Crippen LogP contribution in [0.5, 0.6) is 0 Å². The van der Waals surface area contributed by atoms with E-state index in [0.717, 1.165) is 18.4 Å². The lowest BCUT2D eigenvalue weighted by Crippen LogP contribution is -2.34. The molecule has 0 bridgehead atoms. The summed E-state index contributed by atoms with van der Waals surface area (Å²) in [6.45, 7) is 1.35. The molecule has 3 aromatic rings. The van der Waals surface area contributed by atoms with Gasteiger partial charge in [0, 0.05) is 40.7 Å². The molecule has 1 aliphatic rings. The molecule has 1 heterocycles. The van der Waals surface area contributed by atoms with Crippen LogP contribution in [0.25, 0.3) is 11.0 Å². The molecule has 0 spiro atoms. The number of halogens is 1. The van der Waals surface area contributed by atoms with Crippen molar-refractivity contribution in [2.45, 2.75) is 44.6 Å². The Morgan fingerprint density at radius 3 is 2.48 bits per heavy atom. The molecular formula is C24H22ClNO5. The van der Waals surface area contributed by atoms with Gasteiger partial charge in [-0.1, -0.05) is 36.6 Å². The molecule has 0 radical (unpaired) electrons. The molecule has 1 aromatic heterocycles. The van der Waals surface area contributed by atoms with Gasteiger partial charge in [0.2, 0.25) is 5.91 Å². The van der Waals surface area contributed by atoms with Crippen molar-refractivity contribution < 1.29 is 18.7 Å². The molecule has 6 nitrogen and oxygen atoms in total. The second kappa shape index (κ2) is 8.55. The van der Waals surface area contributed by atoms with Crippen LogP contribution in [-0.2, 0) is 26.3 Å². The van der Waals surface area contributed by atoms with Crippen molar-refractivity contribution in [2.75, 3.05) is 5.32 Å². The molecule has 0 atom stereocenters. The van der Waals surface area contributed by atoms with Gasteiger partial charge in [0.05, 0.1) is 5.41 Å². The number of anilines is 1. The fourth-order valence-corrected chi connectivity index (χ4v) is 4.40. The minimum atomic E-state index is -0.696. The molecule has 160 valence electrons. The molecule has 1 fully saturated rings. The maximum absolute atomic E-state index is 13.2. The summed E-state index contributed by atoms with van der Waals surface area (Å²) >= 11 is 6.02. The summed E-state index contributed by atoms with van der Waals surface area (Å²) < 4.78 is 11.0. The number of amides is 1. The molecule has 7 heteroatoms. The van der Waals surface area contributed by atoms with Crippen molar-refractivity contribution in [3.05, 3.63) is 75.1 Å². The number of rotatable bonds is 5. The van der Waals surface area contributed by atoms with E-state index in [1.807, 2.05) is 12.1 Å². The number of carbonyl (C=O) groups is 2. The van der Waals surface area contributed by atoms with Crippen molar-refractivity contribution in [1.82, 2.24) is 0 Å². The first-order valence-corrected chi connectivity index (χ1v) is 10.5. The van der Waals surface area contributed by atoms with Gasteiger partial charge >= 0.3 is 11.6 Å². The lowest BCUT2D eigenvalue weighted by atomic mass is 9.79. The third kappa shape index (κ3) is 4.35. The van der Waals surface area contributed by atoms with Crippen LogP contribution in [-0.4, -0.2) is 11.9 Å². The van der Waals surface area contributed by atoms with Crippen LogP contribution in [0.2, 0.25) is 5.02 Å². The summed E-state index contributed by atoms with van der Waals surface area (Å²) in [5.41, 5.74) is 1.04. The Balaban J connectivity index is 1.60. The Bertz CT molecular complexity index is 1190. The Labute approximate surface area is 184 Å². The lowest BCUT2D eigenvalue weighted by molar-refractivity contribution is -0.152. The molecular weight excluding hydrogens is 418 g/mol. The predicted molar refractivity (Wildman–Crippen MR) is 118 cm³/mol. The van der Waals surface area contributed by atoms with Gasteiger partial charge in [-0.05, 0) is 42.7 Å². The number of esters is 1. The number of hydrogen-bond donors (Lipinski definition) is 1. The molecule has 0 unspecified atom stereocenters. The summed E-state index contributed by atoms with van der Waals surface area (Å²) in [6, 6.07) is 13.7. The molecule has 1 amide bonds. The fourth-order valence-electron chi connectivity index (χ4n) is 4.27. The standard InChI is InChI=1S/C24H22ClNO5/c1-15(27)26-19-8-9-20-16(12-22(28)31-21(20)13-19)14-30-23(29)24(10-2-3-11-24)17-4-6-18(25)7-5-17/h4-9,12-13H,2-3,10-11,14H2,1H3,(H,26,27). The van der Waals surface area contributed by atoms with Gasteiger partial charge in [0.1, 0.15) is 12.2 Å². The van der Waals surface area contributed by atoms with Gasteiger partial charge in [-0.2, -0.15) is 0 Å². The van der Waals surface area contributed by atoms with E-state index >= 15 is 0 Å². The summed E-state index contributed by atoms with van der Waals surface area (Å²) in [6.07, 6.45) is 3.32. The first-order chi connectivity index (χ1) is 14.9. The Morgan fingerprint density at radius 2 is 1.81 bits per heavy atom. The highest BCUT2D eigenvalue weighted by Gasteiger charge is 2.44. The zero-order valence-corrected chi connectivity index (χ0v) is 17.8. The van der Waals surface area contributed by atoms with E-state index in [-0.39, 0.29) is 18.5 Å². The van der Waals surface area contributed by atoms with Crippen molar-refractivity contribution >= 4 is 40.1 Å². The number of ether oxygens (including phenoxy) is 1. The van der Waals surface area contributed by atoms with Gasteiger partial charge in [0.15, 0.2) is 0 Å². The normalized spacial score (nSPS) is 15.0. The third-order valence-corrected chi connectivity index (χ3v) is 6.01. The van der Waals surface area contributed by atoms with Crippen LogP contribution in [0.15, 0.2) is 57.7 Å². The van der Waals surface area contributed by atoms with Gasteiger partial charge in [-0.25, -0.2) is 4.79 Å². The first kappa shape index (κ1) is 21.1. The largest absolute Gasteiger partial charge is 0.460 e. The summed E-state index contributed by atoms with van der Waals surface area (Å²) in [4.78, 5) is 36.6. The van der Waals surface area contributed by atoms with Crippen LogP contribution < -0.4 is 10.9 Å². The number of carbonyl (C=O) groups excluding carboxylic acids is 2. The van der Waals surface area contributed by atoms with Crippen LogP contribution in [0.4, 0.5) is 5.69 Å². The quantitative estimate of drug-likeness (QED) is 0.448. The van der Waals surface area contributed by atoms with E-state index in [2.05, 4.69) is 5.32 Å². The second-order valence-electron chi connectivity index (χ2n) is 7.86.